The Balaban J connectivity index is 2.99. The number of rotatable bonds is 1. The first-order valence-electron chi connectivity index (χ1n) is 3.62. The SMILES string of the molecule is [CH3][Sn]([CH3])([CH3])[c]1ccc(Br)cn1. The second-order valence-electron chi connectivity index (χ2n) is 3.61. The van der Waals surface area contributed by atoms with Gasteiger partial charge in [-0.1, -0.05) is 0 Å². The van der Waals surface area contributed by atoms with Gasteiger partial charge in [0.05, 0.1) is 0 Å². The van der Waals surface area contributed by atoms with Crippen LogP contribution in [0.4, 0.5) is 0 Å². The van der Waals surface area contributed by atoms with Crippen LogP contribution < -0.4 is 3.71 Å². The van der Waals surface area contributed by atoms with Crippen LogP contribution in [-0.4, -0.2) is 23.4 Å². The maximum atomic E-state index is 4.40. The van der Waals surface area contributed by atoms with Gasteiger partial charge in [-0.05, 0) is 0 Å². The second kappa shape index (κ2) is 3.44. The van der Waals surface area contributed by atoms with Crippen LogP contribution in [0.25, 0.3) is 0 Å². The Hall–Kier alpha value is 0.429. The van der Waals surface area contributed by atoms with Crippen LogP contribution >= 0.6 is 15.9 Å². The fraction of sp³-hybridized carbons (Fsp3) is 0.375. The van der Waals surface area contributed by atoms with Gasteiger partial charge in [-0.3, -0.25) is 0 Å². The molecule has 0 amide bonds. The van der Waals surface area contributed by atoms with Crippen LogP contribution in [0.2, 0.25) is 14.8 Å². The number of halogens is 1. The summed E-state index contributed by atoms with van der Waals surface area (Å²) in [7, 11) is 0. The molecule has 0 radical (unpaired) electrons. The molecular formula is C8H12BrNSn. The van der Waals surface area contributed by atoms with Gasteiger partial charge in [-0.15, -0.1) is 0 Å². The molecule has 0 bridgehead atoms. The van der Waals surface area contributed by atoms with Crippen LogP contribution in [0.1, 0.15) is 0 Å². The third-order valence-corrected chi connectivity index (χ3v) is 7.20. The Bertz CT molecular complexity index is 237. The van der Waals surface area contributed by atoms with Gasteiger partial charge < -0.3 is 0 Å². The molecule has 0 saturated carbocycles. The number of pyridine rings is 1. The van der Waals surface area contributed by atoms with Crippen LogP contribution in [0.15, 0.2) is 22.8 Å². The molecule has 1 nitrogen and oxygen atoms in total. The Labute approximate surface area is 80.2 Å². The average Bonchev–Trinajstić information content (AvgIpc) is 1.86. The number of nitrogens with zero attached hydrogens (tertiary/aromatic N) is 1. The van der Waals surface area contributed by atoms with Gasteiger partial charge in [0, 0.05) is 0 Å². The molecule has 3 heteroatoms. The molecule has 1 heterocycles. The zero-order valence-corrected chi connectivity index (χ0v) is 11.5. The van der Waals surface area contributed by atoms with E-state index in [1.165, 1.54) is 3.71 Å². The summed E-state index contributed by atoms with van der Waals surface area (Å²) >= 11 is 1.50. The van der Waals surface area contributed by atoms with Crippen LogP contribution in [-0.2, 0) is 0 Å². The molecule has 0 aliphatic carbocycles. The third-order valence-electron chi connectivity index (χ3n) is 1.50. The van der Waals surface area contributed by atoms with Crippen molar-refractivity contribution in [3.8, 4) is 0 Å². The molecule has 0 spiro atoms. The van der Waals surface area contributed by atoms with Crippen molar-refractivity contribution in [2.24, 2.45) is 0 Å². The van der Waals surface area contributed by atoms with Crippen molar-refractivity contribution in [1.29, 1.82) is 0 Å². The summed E-state index contributed by atoms with van der Waals surface area (Å²) in [5.41, 5.74) is 0. The average molecular weight is 321 g/mol. The summed E-state index contributed by atoms with van der Waals surface area (Å²) in [6.45, 7) is 0. The molecule has 11 heavy (non-hydrogen) atoms. The van der Waals surface area contributed by atoms with E-state index in [-0.39, 0.29) is 0 Å². The van der Waals surface area contributed by atoms with Crippen LogP contribution in [0, 0.1) is 0 Å². The first-order chi connectivity index (χ1) is 5.00. The number of hydrogen-bond donors (Lipinski definition) is 0. The van der Waals surface area contributed by atoms with E-state index in [4.69, 9.17) is 0 Å². The van der Waals surface area contributed by atoms with Crippen molar-refractivity contribution in [3.63, 3.8) is 0 Å². The van der Waals surface area contributed by atoms with E-state index in [2.05, 4.69) is 47.9 Å². The molecule has 0 aliphatic rings. The molecule has 60 valence electrons. The van der Waals surface area contributed by atoms with Gasteiger partial charge in [-0.2, -0.15) is 0 Å². The second-order valence-corrected chi connectivity index (χ2v) is 18.8. The zero-order chi connectivity index (χ0) is 8.48. The molecular weight excluding hydrogens is 309 g/mol. The van der Waals surface area contributed by atoms with Crippen molar-refractivity contribution < 1.29 is 0 Å². The van der Waals surface area contributed by atoms with Crippen LogP contribution in [0.3, 0.4) is 0 Å². The monoisotopic (exact) mass is 321 g/mol. The van der Waals surface area contributed by atoms with Gasteiger partial charge in [-0.25, -0.2) is 0 Å². The third kappa shape index (κ3) is 2.75. The zero-order valence-electron chi connectivity index (χ0n) is 7.06. The van der Waals surface area contributed by atoms with Crippen molar-refractivity contribution in [1.82, 2.24) is 4.98 Å². The van der Waals surface area contributed by atoms with Gasteiger partial charge in [0.1, 0.15) is 0 Å². The maximum absolute atomic E-state index is 4.40. The van der Waals surface area contributed by atoms with Gasteiger partial charge in [0.25, 0.3) is 0 Å². The summed E-state index contributed by atoms with van der Waals surface area (Å²) in [5, 5.41) is 0. The predicted molar refractivity (Wildman–Crippen MR) is 54.9 cm³/mol. The molecule has 1 rings (SSSR count). The summed E-state index contributed by atoms with van der Waals surface area (Å²) in [5.74, 6) is 0. The van der Waals surface area contributed by atoms with E-state index < -0.39 is 18.4 Å². The van der Waals surface area contributed by atoms with Gasteiger partial charge in [0.15, 0.2) is 0 Å². The topological polar surface area (TPSA) is 12.9 Å². The molecule has 1 aromatic heterocycles. The molecule has 0 aliphatic heterocycles. The Morgan fingerprint density at radius 2 is 1.91 bits per heavy atom. The van der Waals surface area contributed by atoms with Gasteiger partial charge >= 0.3 is 80.6 Å². The summed E-state index contributed by atoms with van der Waals surface area (Å²) in [6.07, 6.45) is 1.89. The van der Waals surface area contributed by atoms with E-state index in [1.54, 1.807) is 0 Å². The van der Waals surface area contributed by atoms with Gasteiger partial charge in [0.2, 0.25) is 0 Å². The van der Waals surface area contributed by atoms with Crippen molar-refractivity contribution in [2.45, 2.75) is 14.8 Å². The minimum atomic E-state index is -1.88. The predicted octanol–water partition coefficient (Wildman–Crippen LogP) is 2.39. The minimum absolute atomic E-state index is 1.07. The summed E-state index contributed by atoms with van der Waals surface area (Å²) in [4.78, 5) is 11.5. The van der Waals surface area contributed by atoms with Crippen molar-refractivity contribution >= 4 is 38.0 Å². The Morgan fingerprint density at radius 1 is 1.27 bits per heavy atom. The van der Waals surface area contributed by atoms with Crippen molar-refractivity contribution in [2.75, 3.05) is 0 Å². The van der Waals surface area contributed by atoms with E-state index in [0.717, 1.165) is 4.47 Å². The molecule has 1 aromatic rings. The Kier molecular flexibility index (Phi) is 2.97. The normalized spacial score (nSPS) is 11.6. The number of aromatic nitrogens is 1. The quantitative estimate of drug-likeness (QED) is 0.724. The van der Waals surface area contributed by atoms with E-state index in [9.17, 15) is 0 Å². The molecule has 0 N–H and O–H groups in total. The summed E-state index contributed by atoms with van der Waals surface area (Å²) in [6, 6.07) is 4.21. The van der Waals surface area contributed by atoms with E-state index in [1.807, 2.05) is 6.20 Å². The molecule has 0 aromatic carbocycles. The van der Waals surface area contributed by atoms with E-state index in [0.29, 0.717) is 0 Å². The fourth-order valence-electron chi connectivity index (χ4n) is 0.819. The first-order valence-corrected chi connectivity index (χ1v) is 14.4. The number of hydrogen-bond acceptors (Lipinski definition) is 1. The molecule has 0 saturated heterocycles. The van der Waals surface area contributed by atoms with Crippen LogP contribution in [0.5, 0.6) is 0 Å². The van der Waals surface area contributed by atoms with E-state index >= 15 is 0 Å². The fourth-order valence-corrected chi connectivity index (χ4v) is 4.01. The standard InChI is InChI=1S/C5H3BrN.3CH3.Sn/c6-5-2-1-3-7-4-5;;;;/h1-2,4H;3*1H3;. The molecule has 0 fully saturated rings. The van der Waals surface area contributed by atoms with Crippen molar-refractivity contribution in [3.05, 3.63) is 22.8 Å². The molecule has 0 unspecified atom stereocenters. The first kappa shape index (κ1) is 9.52. The molecule has 0 atom stereocenters. The summed E-state index contributed by atoms with van der Waals surface area (Å²) < 4.78 is 2.40. The Morgan fingerprint density at radius 3 is 2.27 bits per heavy atom.